The van der Waals surface area contributed by atoms with Crippen LogP contribution in [0.15, 0.2) is 65.1 Å². The van der Waals surface area contributed by atoms with E-state index >= 15 is 0 Å². The second-order valence-corrected chi connectivity index (χ2v) is 9.37. The molecule has 1 N–H and O–H groups in total. The number of hydrogen-bond donors (Lipinski definition) is 1. The number of allylic oxidation sites excluding steroid dienone is 1. The van der Waals surface area contributed by atoms with Gasteiger partial charge in [0, 0.05) is 19.2 Å². The van der Waals surface area contributed by atoms with Crippen molar-refractivity contribution in [2.24, 2.45) is 0 Å². The van der Waals surface area contributed by atoms with Crippen LogP contribution in [0.5, 0.6) is 0 Å². The topological polar surface area (TPSA) is 66.5 Å². The van der Waals surface area contributed by atoms with E-state index in [-0.39, 0.29) is 10.8 Å². The van der Waals surface area contributed by atoms with Crippen molar-refractivity contribution in [3.63, 3.8) is 0 Å². The van der Waals surface area contributed by atoms with E-state index in [0.717, 1.165) is 24.8 Å². The van der Waals surface area contributed by atoms with Gasteiger partial charge in [-0.2, -0.15) is 0 Å². The molecule has 0 saturated heterocycles. The standard InChI is InChI=1S/C23H28N2O3S/c1-18-9-6-7-14-22(18)25(2)29(27,28)21-13-8-12-20(17-21)23(26)24-16-15-19-10-4-3-5-11-19/h6-10,12-14,17H,3-5,11,15-16H2,1-2H3,(H,24,26). The van der Waals surface area contributed by atoms with Crippen molar-refractivity contribution < 1.29 is 13.2 Å². The number of carbonyl (C=O) groups excluding carboxylic acids is 1. The van der Waals surface area contributed by atoms with Crippen LogP contribution in [-0.2, 0) is 10.0 Å². The highest BCUT2D eigenvalue weighted by atomic mass is 32.2. The Morgan fingerprint density at radius 2 is 1.90 bits per heavy atom. The van der Waals surface area contributed by atoms with Gasteiger partial charge in [-0.15, -0.1) is 0 Å². The highest BCUT2D eigenvalue weighted by molar-refractivity contribution is 7.92. The minimum atomic E-state index is -3.76. The number of carbonyl (C=O) groups is 1. The minimum Gasteiger partial charge on any atom is -0.352 e. The van der Waals surface area contributed by atoms with Crippen LogP contribution < -0.4 is 9.62 Å². The van der Waals surface area contributed by atoms with E-state index in [2.05, 4.69) is 11.4 Å². The third-order valence-corrected chi connectivity index (χ3v) is 7.09. The molecule has 1 aliphatic carbocycles. The van der Waals surface area contributed by atoms with Crippen LogP contribution >= 0.6 is 0 Å². The van der Waals surface area contributed by atoms with Crippen molar-refractivity contribution in [3.8, 4) is 0 Å². The van der Waals surface area contributed by atoms with E-state index in [1.807, 2.05) is 19.1 Å². The van der Waals surface area contributed by atoms with E-state index in [4.69, 9.17) is 0 Å². The fraction of sp³-hybridized carbons (Fsp3) is 0.348. The summed E-state index contributed by atoms with van der Waals surface area (Å²) in [5.41, 5.74) is 3.22. The number of hydrogen-bond acceptors (Lipinski definition) is 3. The summed E-state index contributed by atoms with van der Waals surface area (Å²) in [6.07, 6.45) is 7.80. The first-order valence-electron chi connectivity index (χ1n) is 10.0. The molecular weight excluding hydrogens is 384 g/mol. The summed E-state index contributed by atoms with van der Waals surface area (Å²) in [6, 6.07) is 13.5. The van der Waals surface area contributed by atoms with Gasteiger partial charge < -0.3 is 5.32 Å². The molecule has 0 unspecified atom stereocenters. The highest BCUT2D eigenvalue weighted by Crippen LogP contribution is 2.25. The fourth-order valence-electron chi connectivity index (χ4n) is 3.57. The Hall–Kier alpha value is -2.60. The molecule has 0 aromatic heterocycles. The van der Waals surface area contributed by atoms with Crippen molar-refractivity contribution in [1.82, 2.24) is 5.32 Å². The quantitative estimate of drug-likeness (QED) is 0.684. The first-order valence-corrected chi connectivity index (χ1v) is 11.4. The summed E-state index contributed by atoms with van der Waals surface area (Å²) in [5.74, 6) is -0.253. The zero-order chi connectivity index (χ0) is 20.9. The third kappa shape index (κ3) is 5.07. The second-order valence-electron chi connectivity index (χ2n) is 7.40. The molecule has 0 aliphatic heterocycles. The molecule has 0 spiro atoms. The molecule has 0 fully saturated rings. The van der Waals surface area contributed by atoms with Crippen molar-refractivity contribution in [2.45, 2.75) is 43.9 Å². The van der Waals surface area contributed by atoms with Crippen LogP contribution in [0.3, 0.4) is 0 Å². The number of sulfonamides is 1. The van der Waals surface area contributed by atoms with Crippen LogP contribution in [0, 0.1) is 6.92 Å². The lowest BCUT2D eigenvalue weighted by Gasteiger charge is -2.21. The average molecular weight is 413 g/mol. The maximum atomic E-state index is 13.1. The third-order valence-electron chi connectivity index (χ3n) is 5.33. The lowest BCUT2D eigenvalue weighted by atomic mass is 9.97. The lowest BCUT2D eigenvalue weighted by molar-refractivity contribution is 0.0954. The number of amides is 1. The molecule has 5 nitrogen and oxygen atoms in total. The summed E-state index contributed by atoms with van der Waals surface area (Å²) >= 11 is 0. The highest BCUT2D eigenvalue weighted by Gasteiger charge is 2.23. The molecule has 2 aromatic rings. The maximum absolute atomic E-state index is 13.1. The largest absolute Gasteiger partial charge is 0.352 e. The monoisotopic (exact) mass is 412 g/mol. The number of anilines is 1. The fourth-order valence-corrected chi connectivity index (χ4v) is 4.88. The lowest BCUT2D eigenvalue weighted by Crippen LogP contribution is -2.28. The van der Waals surface area contributed by atoms with Crippen LogP contribution in [0.2, 0.25) is 0 Å². The van der Waals surface area contributed by atoms with E-state index in [9.17, 15) is 13.2 Å². The molecule has 29 heavy (non-hydrogen) atoms. The first kappa shape index (κ1) is 21.1. The number of aryl methyl sites for hydroxylation is 1. The summed E-state index contributed by atoms with van der Waals surface area (Å²) in [5, 5.41) is 2.91. The second kappa shape index (κ2) is 9.27. The molecule has 0 saturated carbocycles. The van der Waals surface area contributed by atoms with Gasteiger partial charge in [-0.1, -0.05) is 35.9 Å². The van der Waals surface area contributed by atoms with E-state index < -0.39 is 10.0 Å². The molecule has 3 rings (SSSR count). The van der Waals surface area contributed by atoms with Crippen LogP contribution in [0.1, 0.15) is 48.0 Å². The normalized spacial score (nSPS) is 14.2. The first-order chi connectivity index (χ1) is 13.9. The van der Waals surface area contributed by atoms with Crippen LogP contribution in [-0.4, -0.2) is 27.9 Å². The Morgan fingerprint density at radius 3 is 2.62 bits per heavy atom. The Morgan fingerprint density at radius 1 is 1.10 bits per heavy atom. The van der Waals surface area contributed by atoms with Gasteiger partial charge in [0.2, 0.25) is 0 Å². The Labute approximate surface area is 173 Å². The number of rotatable bonds is 7. The van der Waals surface area contributed by atoms with E-state index in [0.29, 0.717) is 17.8 Å². The number of benzene rings is 2. The van der Waals surface area contributed by atoms with E-state index in [1.54, 1.807) is 24.3 Å². The van der Waals surface area contributed by atoms with Gasteiger partial charge in [0.1, 0.15) is 0 Å². The minimum absolute atomic E-state index is 0.103. The Balaban J connectivity index is 1.71. The average Bonchev–Trinajstić information content (AvgIpc) is 2.74. The van der Waals surface area contributed by atoms with Gasteiger partial charge in [-0.3, -0.25) is 9.10 Å². The van der Waals surface area contributed by atoms with Crippen molar-refractivity contribution in [3.05, 3.63) is 71.3 Å². The molecule has 1 aliphatic rings. The van der Waals surface area contributed by atoms with Gasteiger partial charge in [0.15, 0.2) is 0 Å². The van der Waals surface area contributed by atoms with Gasteiger partial charge in [-0.25, -0.2) is 8.42 Å². The van der Waals surface area contributed by atoms with Crippen LogP contribution in [0.25, 0.3) is 0 Å². The molecule has 0 atom stereocenters. The van der Waals surface area contributed by atoms with Gasteiger partial charge in [0.25, 0.3) is 15.9 Å². The van der Waals surface area contributed by atoms with Gasteiger partial charge in [-0.05, 0) is 68.9 Å². The smallest absolute Gasteiger partial charge is 0.264 e. The summed E-state index contributed by atoms with van der Waals surface area (Å²) < 4.78 is 27.4. The summed E-state index contributed by atoms with van der Waals surface area (Å²) in [6.45, 7) is 2.43. The van der Waals surface area contributed by atoms with E-state index in [1.165, 1.54) is 41.9 Å². The predicted octanol–water partition coefficient (Wildman–Crippen LogP) is 4.44. The number of para-hydroxylation sites is 1. The van der Waals surface area contributed by atoms with Crippen molar-refractivity contribution in [1.29, 1.82) is 0 Å². The summed E-state index contributed by atoms with van der Waals surface area (Å²) in [7, 11) is -2.23. The SMILES string of the molecule is Cc1ccccc1N(C)S(=O)(=O)c1cccc(C(=O)NCCC2=CCCCC2)c1. The Kier molecular flexibility index (Phi) is 6.75. The molecule has 6 heteroatoms. The van der Waals surface area contributed by atoms with Crippen LogP contribution in [0.4, 0.5) is 5.69 Å². The predicted molar refractivity (Wildman–Crippen MR) is 117 cm³/mol. The molecule has 0 radical (unpaired) electrons. The van der Waals surface area contributed by atoms with Gasteiger partial charge >= 0.3 is 0 Å². The molecule has 0 bridgehead atoms. The number of nitrogens with one attached hydrogen (secondary N) is 1. The molecule has 0 heterocycles. The van der Waals surface area contributed by atoms with Crippen molar-refractivity contribution >= 4 is 21.6 Å². The zero-order valence-electron chi connectivity index (χ0n) is 17.0. The molecule has 154 valence electrons. The van der Waals surface area contributed by atoms with Gasteiger partial charge in [0.05, 0.1) is 10.6 Å². The summed E-state index contributed by atoms with van der Waals surface area (Å²) in [4.78, 5) is 12.6. The van der Waals surface area contributed by atoms with Crippen molar-refractivity contribution in [2.75, 3.05) is 17.9 Å². The molecular formula is C23H28N2O3S. The number of nitrogens with zero attached hydrogens (tertiary/aromatic N) is 1. The maximum Gasteiger partial charge on any atom is 0.264 e. The Bertz CT molecular complexity index is 1010. The zero-order valence-corrected chi connectivity index (χ0v) is 17.8. The molecule has 2 aromatic carbocycles. The molecule has 1 amide bonds.